The normalized spacial score (nSPS) is 12.0. The zero-order chi connectivity index (χ0) is 11.3. The van der Waals surface area contributed by atoms with Crippen LogP contribution >= 0.6 is 0 Å². The Morgan fingerprint density at radius 3 is 2.20 bits per heavy atom. The van der Waals surface area contributed by atoms with E-state index in [2.05, 4.69) is 32.9 Å². The Labute approximate surface area is 92.8 Å². The molecule has 1 nitrogen and oxygen atoms in total. The Morgan fingerprint density at radius 2 is 1.73 bits per heavy atom. The molecule has 1 aromatic carbocycles. The molecule has 0 radical (unpaired) electrons. The summed E-state index contributed by atoms with van der Waals surface area (Å²) in [7, 11) is 0. The number of hydrogen-bond donors (Lipinski definition) is 0. The van der Waals surface area contributed by atoms with E-state index >= 15 is 0 Å². The van der Waals surface area contributed by atoms with Gasteiger partial charge in [0.05, 0.1) is 0 Å². The van der Waals surface area contributed by atoms with Crippen molar-refractivity contribution in [3.63, 3.8) is 0 Å². The van der Waals surface area contributed by atoms with Crippen LogP contribution in [0.2, 0.25) is 0 Å². The smallest absolute Gasteiger partial charge is 0.119 e. The standard InChI is InChI=1S/C14H20O/c1-5-6-11-15-13-9-7-12(8-10-13)14(2,3)4/h5-10H,11H2,1-4H3/b6-5+. The molecule has 1 aromatic rings. The van der Waals surface area contributed by atoms with Crippen molar-refractivity contribution in [1.82, 2.24) is 0 Å². The summed E-state index contributed by atoms with van der Waals surface area (Å²) < 4.78 is 5.53. The average molecular weight is 204 g/mol. The third-order valence-corrected chi connectivity index (χ3v) is 2.30. The Balaban J connectivity index is 2.64. The molecule has 0 aliphatic rings. The van der Waals surface area contributed by atoms with Crippen LogP contribution in [0.25, 0.3) is 0 Å². The molecule has 0 spiro atoms. The summed E-state index contributed by atoms with van der Waals surface area (Å²) in [4.78, 5) is 0. The highest BCUT2D eigenvalue weighted by molar-refractivity contribution is 5.31. The zero-order valence-electron chi connectivity index (χ0n) is 10.1. The maximum Gasteiger partial charge on any atom is 0.119 e. The molecule has 0 aliphatic heterocycles. The molecule has 0 fully saturated rings. The predicted octanol–water partition coefficient (Wildman–Crippen LogP) is 3.94. The molecule has 1 heteroatoms. The molecule has 0 amide bonds. The maximum atomic E-state index is 5.53. The lowest BCUT2D eigenvalue weighted by Crippen LogP contribution is -2.10. The Hall–Kier alpha value is -1.24. The van der Waals surface area contributed by atoms with Crippen molar-refractivity contribution in [2.75, 3.05) is 6.61 Å². The predicted molar refractivity (Wildman–Crippen MR) is 65.5 cm³/mol. The van der Waals surface area contributed by atoms with Crippen molar-refractivity contribution >= 4 is 0 Å². The van der Waals surface area contributed by atoms with E-state index in [1.54, 1.807) is 0 Å². The highest BCUT2D eigenvalue weighted by Gasteiger charge is 2.12. The molecule has 0 saturated heterocycles. The number of benzene rings is 1. The van der Waals surface area contributed by atoms with E-state index in [4.69, 9.17) is 4.74 Å². The fourth-order valence-electron chi connectivity index (χ4n) is 1.29. The summed E-state index contributed by atoms with van der Waals surface area (Å²) in [6, 6.07) is 8.32. The minimum atomic E-state index is 0.210. The van der Waals surface area contributed by atoms with E-state index in [-0.39, 0.29) is 5.41 Å². The second-order valence-electron chi connectivity index (χ2n) is 4.65. The SMILES string of the molecule is C/C=C/COc1ccc(C(C)(C)C)cc1. The fraction of sp³-hybridized carbons (Fsp3) is 0.429. The molecular formula is C14H20O. The molecule has 0 heterocycles. The van der Waals surface area contributed by atoms with Crippen molar-refractivity contribution in [3.8, 4) is 5.75 Å². The summed E-state index contributed by atoms with van der Waals surface area (Å²) >= 11 is 0. The van der Waals surface area contributed by atoms with E-state index in [0.29, 0.717) is 6.61 Å². The van der Waals surface area contributed by atoms with Crippen molar-refractivity contribution in [3.05, 3.63) is 42.0 Å². The molecule has 0 atom stereocenters. The third kappa shape index (κ3) is 3.78. The van der Waals surface area contributed by atoms with Gasteiger partial charge in [-0.05, 0) is 30.0 Å². The van der Waals surface area contributed by atoms with E-state index in [0.717, 1.165) is 5.75 Å². The summed E-state index contributed by atoms with van der Waals surface area (Å²) in [6.45, 7) is 9.27. The number of allylic oxidation sites excluding steroid dienone is 1. The van der Waals surface area contributed by atoms with E-state index < -0.39 is 0 Å². The van der Waals surface area contributed by atoms with Crippen LogP contribution in [0.1, 0.15) is 33.3 Å². The van der Waals surface area contributed by atoms with Gasteiger partial charge in [0, 0.05) is 0 Å². The van der Waals surface area contributed by atoms with Gasteiger partial charge in [-0.3, -0.25) is 0 Å². The van der Waals surface area contributed by atoms with Gasteiger partial charge >= 0.3 is 0 Å². The highest BCUT2D eigenvalue weighted by atomic mass is 16.5. The molecule has 0 aromatic heterocycles. The summed E-state index contributed by atoms with van der Waals surface area (Å²) in [5, 5.41) is 0. The first-order valence-electron chi connectivity index (χ1n) is 5.38. The Morgan fingerprint density at radius 1 is 1.13 bits per heavy atom. The van der Waals surface area contributed by atoms with Crippen LogP contribution in [0.3, 0.4) is 0 Å². The summed E-state index contributed by atoms with van der Waals surface area (Å²) in [5.74, 6) is 0.932. The first-order chi connectivity index (χ1) is 7.04. The van der Waals surface area contributed by atoms with E-state index in [1.165, 1.54) is 5.56 Å². The summed E-state index contributed by atoms with van der Waals surface area (Å²) in [5.41, 5.74) is 1.54. The fourth-order valence-corrected chi connectivity index (χ4v) is 1.29. The monoisotopic (exact) mass is 204 g/mol. The second-order valence-corrected chi connectivity index (χ2v) is 4.65. The Kier molecular flexibility index (Phi) is 3.96. The van der Waals surface area contributed by atoms with Crippen molar-refractivity contribution in [1.29, 1.82) is 0 Å². The third-order valence-electron chi connectivity index (χ3n) is 2.30. The molecule has 82 valence electrons. The molecule has 0 aliphatic carbocycles. The number of rotatable bonds is 3. The molecule has 0 unspecified atom stereocenters. The molecule has 0 bridgehead atoms. The lowest BCUT2D eigenvalue weighted by molar-refractivity contribution is 0.362. The largest absolute Gasteiger partial charge is 0.490 e. The Bertz CT molecular complexity index is 314. The maximum absolute atomic E-state index is 5.53. The van der Waals surface area contributed by atoms with Gasteiger partial charge in [0.25, 0.3) is 0 Å². The molecule has 0 saturated carbocycles. The van der Waals surface area contributed by atoms with Crippen LogP contribution < -0.4 is 4.74 Å². The van der Waals surface area contributed by atoms with Gasteiger partial charge in [0.1, 0.15) is 12.4 Å². The lowest BCUT2D eigenvalue weighted by atomic mass is 9.87. The molecule has 0 N–H and O–H groups in total. The zero-order valence-corrected chi connectivity index (χ0v) is 10.1. The minimum Gasteiger partial charge on any atom is -0.490 e. The summed E-state index contributed by atoms with van der Waals surface area (Å²) in [6.07, 6.45) is 3.99. The van der Waals surface area contributed by atoms with Gasteiger partial charge < -0.3 is 4.74 Å². The first kappa shape index (κ1) is 11.8. The van der Waals surface area contributed by atoms with Crippen molar-refractivity contribution in [2.24, 2.45) is 0 Å². The van der Waals surface area contributed by atoms with Crippen LogP contribution in [-0.4, -0.2) is 6.61 Å². The average Bonchev–Trinajstić information content (AvgIpc) is 2.18. The van der Waals surface area contributed by atoms with E-state index in [1.807, 2.05) is 31.2 Å². The number of ether oxygens (including phenoxy) is 1. The van der Waals surface area contributed by atoms with Gasteiger partial charge in [-0.15, -0.1) is 0 Å². The van der Waals surface area contributed by atoms with Crippen LogP contribution in [-0.2, 0) is 5.41 Å². The van der Waals surface area contributed by atoms with Crippen LogP contribution in [0.4, 0.5) is 0 Å². The molecule has 1 rings (SSSR count). The molecular weight excluding hydrogens is 184 g/mol. The van der Waals surface area contributed by atoms with Gasteiger partial charge in [-0.2, -0.15) is 0 Å². The van der Waals surface area contributed by atoms with Crippen LogP contribution in [0, 0.1) is 0 Å². The van der Waals surface area contributed by atoms with Crippen molar-refractivity contribution in [2.45, 2.75) is 33.1 Å². The second kappa shape index (κ2) is 5.01. The van der Waals surface area contributed by atoms with Gasteiger partial charge in [-0.1, -0.05) is 45.1 Å². The topological polar surface area (TPSA) is 9.23 Å². The van der Waals surface area contributed by atoms with Crippen molar-refractivity contribution < 1.29 is 4.74 Å². The minimum absolute atomic E-state index is 0.210. The number of hydrogen-bond acceptors (Lipinski definition) is 1. The lowest BCUT2D eigenvalue weighted by Gasteiger charge is -2.19. The quantitative estimate of drug-likeness (QED) is 0.678. The van der Waals surface area contributed by atoms with Gasteiger partial charge in [-0.25, -0.2) is 0 Å². The van der Waals surface area contributed by atoms with E-state index in [9.17, 15) is 0 Å². The molecule has 15 heavy (non-hydrogen) atoms. The van der Waals surface area contributed by atoms with Gasteiger partial charge in [0.15, 0.2) is 0 Å². The highest BCUT2D eigenvalue weighted by Crippen LogP contribution is 2.24. The van der Waals surface area contributed by atoms with Gasteiger partial charge in [0.2, 0.25) is 0 Å². The van der Waals surface area contributed by atoms with Crippen LogP contribution in [0.5, 0.6) is 5.75 Å². The first-order valence-corrected chi connectivity index (χ1v) is 5.38. The van der Waals surface area contributed by atoms with Crippen LogP contribution in [0.15, 0.2) is 36.4 Å².